The van der Waals surface area contributed by atoms with Gasteiger partial charge in [0.1, 0.15) is 5.75 Å². The predicted octanol–water partition coefficient (Wildman–Crippen LogP) is 1.78. The molecule has 4 heteroatoms. The molecule has 0 saturated carbocycles. The lowest BCUT2D eigenvalue weighted by Gasteiger charge is -2.24. The number of benzene rings is 1. The van der Waals surface area contributed by atoms with Crippen molar-refractivity contribution in [1.82, 2.24) is 5.43 Å². The largest absolute Gasteiger partial charge is 0.493 e. The van der Waals surface area contributed by atoms with Gasteiger partial charge in [-0.2, -0.15) is 0 Å². The summed E-state index contributed by atoms with van der Waals surface area (Å²) in [5.41, 5.74) is 3.54. The molecule has 1 atom stereocenters. The fourth-order valence-electron chi connectivity index (χ4n) is 1.54. The molecule has 2 rings (SSSR count). The normalized spacial score (nSPS) is 19.8. The lowest BCUT2D eigenvalue weighted by atomic mass is 10.0. The Hall–Kier alpha value is -1.58. The quantitative estimate of drug-likeness (QED) is 0.554. The molecule has 1 aliphatic rings. The first-order valence-corrected chi connectivity index (χ1v) is 4.21. The zero-order chi connectivity index (χ0) is 9.10. The van der Waals surface area contributed by atoms with Crippen molar-refractivity contribution in [2.45, 2.75) is 12.5 Å². The lowest BCUT2D eigenvalue weighted by molar-refractivity contribution is 0.254. The van der Waals surface area contributed by atoms with Gasteiger partial charge in [-0.05, 0) is 6.07 Å². The minimum atomic E-state index is 0.00227. The molecule has 1 heterocycles. The Morgan fingerprint density at radius 3 is 3.15 bits per heavy atom. The van der Waals surface area contributed by atoms with Crippen LogP contribution in [0.3, 0.4) is 0 Å². The molecular weight excluding hydrogens is 168 g/mol. The standard InChI is InChI=1S/C9H10N2O2/c12-11-10-8-5-6-13-9-4-2-1-3-7(8)9/h1-4,8H,5-6H2,(H,10,12)/t8-/m0/s1. The topological polar surface area (TPSA) is 50.7 Å². The third kappa shape index (κ3) is 1.47. The van der Waals surface area contributed by atoms with Crippen molar-refractivity contribution in [1.29, 1.82) is 0 Å². The summed E-state index contributed by atoms with van der Waals surface area (Å²) in [5, 5.41) is 2.70. The Kier molecular flexibility index (Phi) is 2.12. The van der Waals surface area contributed by atoms with E-state index >= 15 is 0 Å². The second-order valence-electron chi connectivity index (χ2n) is 2.95. The molecule has 0 spiro atoms. The van der Waals surface area contributed by atoms with Crippen molar-refractivity contribution in [2.24, 2.45) is 5.29 Å². The second-order valence-corrected chi connectivity index (χ2v) is 2.95. The number of hydrogen-bond acceptors (Lipinski definition) is 3. The van der Waals surface area contributed by atoms with E-state index in [1.54, 1.807) is 0 Å². The minimum absolute atomic E-state index is 0.00227. The molecule has 0 saturated heterocycles. The molecule has 0 amide bonds. The van der Waals surface area contributed by atoms with Gasteiger partial charge in [0.2, 0.25) is 0 Å². The maximum absolute atomic E-state index is 10.1. The van der Waals surface area contributed by atoms with E-state index in [4.69, 9.17) is 4.74 Å². The summed E-state index contributed by atoms with van der Waals surface area (Å²) in [6.45, 7) is 0.629. The van der Waals surface area contributed by atoms with Gasteiger partial charge in [0, 0.05) is 12.0 Å². The van der Waals surface area contributed by atoms with E-state index in [0.717, 1.165) is 17.7 Å². The predicted molar refractivity (Wildman–Crippen MR) is 48.2 cm³/mol. The molecular formula is C9H10N2O2. The molecule has 1 aromatic carbocycles. The third-order valence-corrected chi connectivity index (χ3v) is 2.17. The average molecular weight is 178 g/mol. The lowest BCUT2D eigenvalue weighted by Crippen LogP contribution is -2.22. The molecule has 0 aromatic heterocycles. The first kappa shape index (κ1) is 8.04. The van der Waals surface area contributed by atoms with Crippen LogP contribution in [0.5, 0.6) is 5.75 Å². The van der Waals surface area contributed by atoms with E-state index in [1.807, 2.05) is 24.3 Å². The summed E-state index contributed by atoms with van der Waals surface area (Å²) in [4.78, 5) is 10.1. The molecule has 0 fully saturated rings. The smallest absolute Gasteiger partial charge is 0.124 e. The van der Waals surface area contributed by atoms with Crippen LogP contribution in [0.1, 0.15) is 18.0 Å². The zero-order valence-electron chi connectivity index (χ0n) is 7.06. The molecule has 4 nitrogen and oxygen atoms in total. The van der Waals surface area contributed by atoms with Gasteiger partial charge in [0.15, 0.2) is 0 Å². The molecule has 0 radical (unpaired) electrons. The van der Waals surface area contributed by atoms with Crippen molar-refractivity contribution in [3.63, 3.8) is 0 Å². The van der Waals surface area contributed by atoms with Crippen LogP contribution in [-0.2, 0) is 0 Å². The van der Waals surface area contributed by atoms with Crippen LogP contribution in [0.15, 0.2) is 29.6 Å². The molecule has 68 valence electrons. The van der Waals surface area contributed by atoms with Crippen LogP contribution in [0.2, 0.25) is 0 Å². The highest BCUT2D eigenvalue weighted by molar-refractivity contribution is 5.37. The highest BCUT2D eigenvalue weighted by Gasteiger charge is 2.20. The molecule has 0 unspecified atom stereocenters. The minimum Gasteiger partial charge on any atom is -0.493 e. The van der Waals surface area contributed by atoms with E-state index < -0.39 is 0 Å². The van der Waals surface area contributed by atoms with Crippen molar-refractivity contribution in [3.05, 3.63) is 34.7 Å². The van der Waals surface area contributed by atoms with Gasteiger partial charge in [0.25, 0.3) is 0 Å². The number of nitrogens with zero attached hydrogens (tertiary/aromatic N) is 1. The van der Waals surface area contributed by atoms with E-state index in [-0.39, 0.29) is 6.04 Å². The van der Waals surface area contributed by atoms with Crippen LogP contribution < -0.4 is 10.2 Å². The fourth-order valence-corrected chi connectivity index (χ4v) is 1.54. The van der Waals surface area contributed by atoms with Gasteiger partial charge in [-0.3, -0.25) is 5.43 Å². The number of hydrogen-bond donors (Lipinski definition) is 1. The number of ether oxygens (including phenoxy) is 1. The molecule has 13 heavy (non-hydrogen) atoms. The number of rotatable bonds is 2. The van der Waals surface area contributed by atoms with Crippen molar-refractivity contribution in [2.75, 3.05) is 6.61 Å². The average Bonchev–Trinajstić information content (AvgIpc) is 2.19. The second kappa shape index (κ2) is 3.43. The summed E-state index contributed by atoms with van der Waals surface area (Å²) >= 11 is 0. The molecule has 0 aliphatic carbocycles. The van der Waals surface area contributed by atoms with Crippen molar-refractivity contribution in [3.8, 4) is 5.75 Å². The zero-order valence-corrected chi connectivity index (χ0v) is 7.06. The van der Waals surface area contributed by atoms with E-state index in [2.05, 4.69) is 10.7 Å². The Balaban J connectivity index is 2.31. The van der Waals surface area contributed by atoms with Crippen molar-refractivity contribution >= 4 is 0 Å². The Bertz CT molecular complexity index is 314. The number of nitrogens with one attached hydrogen (secondary N) is 1. The maximum Gasteiger partial charge on any atom is 0.124 e. The van der Waals surface area contributed by atoms with Gasteiger partial charge >= 0.3 is 0 Å². The Morgan fingerprint density at radius 1 is 1.46 bits per heavy atom. The van der Waals surface area contributed by atoms with E-state index in [9.17, 15) is 4.91 Å². The van der Waals surface area contributed by atoms with Gasteiger partial charge in [-0.15, -0.1) is 4.91 Å². The Morgan fingerprint density at radius 2 is 2.31 bits per heavy atom. The molecule has 0 bridgehead atoms. The summed E-state index contributed by atoms with van der Waals surface area (Å²) in [6, 6.07) is 7.68. The number of para-hydroxylation sites is 1. The maximum atomic E-state index is 10.1. The summed E-state index contributed by atoms with van der Waals surface area (Å²) in [7, 11) is 0. The first-order chi connectivity index (χ1) is 6.42. The summed E-state index contributed by atoms with van der Waals surface area (Å²) < 4.78 is 5.42. The van der Waals surface area contributed by atoms with Crippen LogP contribution in [0, 0.1) is 4.91 Å². The number of nitroso groups, excluding NO2 is 1. The van der Waals surface area contributed by atoms with Gasteiger partial charge in [0.05, 0.1) is 17.9 Å². The van der Waals surface area contributed by atoms with Crippen molar-refractivity contribution < 1.29 is 4.74 Å². The van der Waals surface area contributed by atoms with E-state index in [0.29, 0.717) is 6.61 Å². The number of fused-ring (bicyclic) bond motifs is 1. The molecule has 1 N–H and O–H groups in total. The van der Waals surface area contributed by atoms with Crippen LogP contribution in [-0.4, -0.2) is 6.61 Å². The first-order valence-electron chi connectivity index (χ1n) is 4.21. The van der Waals surface area contributed by atoms with Crippen LogP contribution in [0.25, 0.3) is 0 Å². The Labute approximate surface area is 75.8 Å². The van der Waals surface area contributed by atoms with E-state index in [1.165, 1.54) is 0 Å². The highest BCUT2D eigenvalue weighted by Crippen LogP contribution is 2.31. The summed E-state index contributed by atoms with van der Waals surface area (Å²) in [6.07, 6.45) is 0.781. The van der Waals surface area contributed by atoms with Gasteiger partial charge in [-0.1, -0.05) is 18.2 Å². The van der Waals surface area contributed by atoms with Crippen LogP contribution in [0.4, 0.5) is 0 Å². The molecule has 1 aromatic rings. The fraction of sp³-hybridized carbons (Fsp3) is 0.333. The molecule has 1 aliphatic heterocycles. The van der Waals surface area contributed by atoms with Crippen LogP contribution >= 0.6 is 0 Å². The SMILES string of the molecule is O=NN[C@H]1CCOc2ccccc21. The van der Waals surface area contributed by atoms with Gasteiger partial charge in [-0.25, -0.2) is 0 Å². The van der Waals surface area contributed by atoms with Gasteiger partial charge < -0.3 is 4.74 Å². The summed E-state index contributed by atoms with van der Waals surface area (Å²) in [5.74, 6) is 0.843. The monoisotopic (exact) mass is 178 g/mol. The highest BCUT2D eigenvalue weighted by atomic mass is 16.5. The third-order valence-electron chi connectivity index (χ3n) is 2.17.